The molecule has 16 nitrogen and oxygen atoms in total. The van der Waals surface area contributed by atoms with Crippen LogP contribution in [0, 0.1) is 0 Å². The molecule has 13 N–H and O–H groups in total. The highest BCUT2D eigenvalue weighted by atomic mass is 16.4. The molecule has 5 amide bonds. The zero-order chi connectivity index (χ0) is 37.8. The number of aromatic hydroxyl groups is 1. The summed E-state index contributed by atoms with van der Waals surface area (Å²) in [5.41, 5.74) is 18.0. The summed E-state index contributed by atoms with van der Waals surface area (Å²) >= 11 is 0. The van der Waals surface area contributed by atoms with Gasteiger partial charge in [-0.1, -0.05) is 44.1 Å². The van der Waals surface area contributed by atoms with Crippen molar-refractivity contribution >= 4 is 35.5 Å². The van der Waals surface area contributed by atoms with Crippen LogP contribution >= 0.6 is 0 Å². The number of phenolic OH excluding ortho intramolecular Hbond substituents is 1. The van der Waals surface area contributed by atoms with E-state index in [1.807, 2.05) is 6.92 Å². The maximum absolute atomic E-state index is 13.9. The predicted octanol–water partition coefficient (Wildman–Crippen LogP) is -0.431. The third-order valence-electron chi connectivity index (χ3n) is 8.53. The number of hydrogen-bond donors (Lipinski definition) is 10. The van der Waals surface area contributed by atoms with E-state index in [2.05, 4.69) is 26.6 Å². The Labute approximate surface area is 299 Å². The lowest BCUT2D eigenvalue weighted by molar-refractivity contribution is -0.142. The SMILES string of the molecule is CCCC[C@H](NC(=O)[C@H](Cc1ccc(O)cc1)NC(=O)[C@@H]1C/C=C/C[C@H](N)C(=O)N[C@@H](CCCCN)C(=O)N[C@@H](CCCCN)C(=O)N1)C(=O)O. The van der Waals surface area contributed by atoms with Crippen LogP contribution in [0.25, 0.3) is 0 Å². The highest BCUT2D eigenvalue weighted by molar-refractivity contribution is 5.96. The normalized spacial score (nSPS) is 21.9. The van der Waals surface area contributed by atoms with Crippen molar-refractivity contribution in [3.8, 4) is 5.75 Å². The van der Waals surface area contributed by atoms with Gasteiger partial charge in [0.05, 0.1) is 6.04 Å². The highest BCUT2D eigenvalue weighted by Gasteiger charge is 2.32. The Morgan fingerprint density at radius 1 is 0.804 bits per heavy atom. The minimum Gasteiger partial charge on any atom is -0.508 e. The van der Waals surface area contributed by atoms with Crippen LogP contribution in [-0.4, -0.2) is 95.1 Å². The van der Waals surface area contributed by atoms with Crippen LogP contribution in [0.15, 0.2) is 36.4 Å². The summed E-state index contributed by atoms with van der Waals surface area (Å²) in [6.07, 6.45) is 7.28. The Kier molecular flexibility index (Phi) is 19.3. The largest absolute Gasteiger partial charge is 0.508 e. The molecule has 16 heteroatoms. The van der Waals surface area contributed by atoms with Crippen molar-refractivity contribution in [3.05, 3.63) is 42.0 Å². The number of nitrogens with one attached hydrogen (secondary N) is 5. The second kappa shape index (κ2) is 23.0. The molecular formula is C35H56N8O8. The van der Waals surface area contributed by atoms with Crippen molar-refractivity contribution in [3.63, 3.8) is 0 Å². The van der Waals surface area contributed by atoms with Crippen LogP contribution in [0.1, 0.15) is 83.1 Å². The molecule has 1 heterocycles. The second-order valence-electron chi connectivity index (χ2n) is 12.8. The van der Waals surface area contributed by atoms with Gasteiger partial charge in [0, 0.05) is 6.42 Å². The zero-order valence-corrected chi connectivity index (χ0v) is 29.4. The number of aliphatic carboxylic acids is 1. The molecule has 0 aromatic heterocycles. The van der Waals surface area contributed by atoms with Gasteiger partial charge in [-0.3, -0.25) is 24.0 Å². The number of hydrogen-bond acceptors (Lipinski definition) is 10. The summed E-state index contributed by atoms with van der Waals surface area (Å²) < 4.78 is 0. The molecule has 0 bridgehead atoms. The smallest absolute Gasteiger partial charge is 0.326 e. The Morgan fingerprint density at radius 3 is 1.94 bits per heavy atom. The number of unbranched alkanes of at least 4 members (excludes halogenated alkanes) is 3. The summed E-state index contributed by atoms with van der Waals surface area (Å²) in [7, 11) is 0. The van der Waals surface area contributed by atoms with Crippen molar-refractivity contribution in [2.45, 2.75) is 120 Å². The van der Waals surface area contributed by atoms with Gasteiger partial charge in [-0.25, -0.2) is 4.79 Å². The second-order valence-corrected chi connectivity index (χ2v) is 12.8. The topological polar surface area (TPSA) is 281 Å². The summed E-state index contributed by atoms with van der Waals surface area (Å²) in [4.78, 5) is 79.4. The van der Waals surface area contributed by atoms with Crippen LogP contribution in [-0.2, 0) is 35.2 Å². The van der Waals surface area contributed by atoms with Gasteiger partial charge >= 0.3 is 5.97 Å². The zero-order valence-electron chi connectivity index (χ0n) is 29.4. The number of carbonyl (C=O) groups is 6. The molecule has 1 aromatic carbocycles. The molecule has 51 heavy (non-hydrogen) atoms. The van der Waals surface area contributed by atoms with Crippen molar-refractivity contribution in [1.82, 2.24) is 26.6 Å². The van der Waals surface area contributed by atoms with Gasteiger partial charge in [0.25, 0.3) is 0 Å². The molecule has 0 saturated carbocycles. The van der Waals surface area contributed by atoms with E-state index >= 15 is 0 Å². The fourth-order valence-electron chi connectivity index (χ4n) is 5.45. The van der Waals surface area contributed by atoms with Gasteiger partial charge in [-0.2, -0.15) is 0 Å². The van der Waals surface area contributed by atoms with E-state index in [-0.39, 0.29) is 44.3 Å². The van der Waals surface area contributed by atoms with E-state index < -0.39 is 71.8 Å². The van der Waals surface area contributed by atoms with E-state index in [0.29, 0.717) is 57.2 Å². The molecule has 0 aliphatic carbocycles. The van der Waals surface area contributed by atoms with Gasteiger partial charge in [-0.05, 0) is 88.6 Å². The van der Waals surface area contributed by atoms with Crippen molar-refractivity contribution in [2.75, 3.05) is 13.1 Å². The molecule has 1 aliphatic rings. The summed E-state index contributed by atoms with van der Waals surface area (Å²) in [5.74, 6) is -4.50. The highest BCUT2D eigenvalue weighted by Crippen LogP contribution is 2.13. The molecule has 1 aliphatic heterocycles. The number of amides is 5. The van der Waals surface area contributed by atoms with Gasteiger partial charge < -0.3 is 54.0 Å². The summed E-state index contributed by atoms with van der Waals surface area (Å²) in [6, 6.07) is -0.763. The first-order valence-electron chi connectivity index (χ1n) is 17.7. The van der Waals surface area contributed by atoms with Crippen LogP contribution < -0.4 is 43.8 Å². The number of nitrogens with two attached hydrogens (primary N) is 3. The lowest BCUT2D eigenvalue weighted by atomic mass is 10.0. The lowest BCUT2D eigenvalue weighted by Crippen LogP contribution is -2.59. The first-order valence-corrected chi connectivity index (χ1v) is 17.7. The molecule has 284 valence electrons. The standard InChI is InChI=1S/C35H56N8O8/c1-2-3-11-28(35(50)51)42-34(49)29(21-22-15-17-23(44)18-16-22)43-33(48)26-12-5-4-10-24(38)30(45)39-25(13-6-8-19-36)31(46)41-27(32(47)40-26)14-7-9-20-37/h4-5,15-18,24-29,44H,2-3,6-14,19-21,36-38H2,1H3,(H,39,45)(H,40,47)(H,41,46)(H,42,49)(H,43,48)(H,50,51)/b5-4+/t24-,25-,26-,27-,28-,29-/m0/s1. The van der Waals surface area contributed by atoms with Gasteiger partial charge in [0.2, 0.25) is 29.5 Å². The number of carbonyl (C=O) groups excluding carboxylic acids is 5. The summed E-state index contributed by atoms with van der Waals surface area (Å²) in [6.45, 7) is 2.65. The van der Waals surface area contributed by atoms with Crippen molar-refractivity contribution in [2.24, 2.45) is 17.2 Å². The fraction of sp³-hybridized carbons (Fsp3) is 0.600. The Balaban J connectivity index is 2.42. The number of carboxylic acid groups (broad SMARTS) is 1. The third kappa shape index (κ3) is 15.5. The molecule has 1 aromatic rings. The molecular weight excluding hydrogens is 660 g/mol. The third-order valence-corrected chi connectivity index (χ3v) is 8.53. The molecule has 0 saturated heterocycles. The van der Waals surface area contributed by atoms with Crippen molar-refractivity contribution in [1.29, 1.82) is 0 Å². The van der Waals surface area contributed by atoms with E-state index in [1.54, 1.807) is 24.3 Å². The molecule has 0 spiro atoms. The minimum absolute atomic E-state index is 0.00398. The predicted molar refractivity (Wildman–Crippen MR) is 191 cm³/mol. The number of rotatable bonds is 18. The number of carboxylic acids is 1. The van der Waals surface area contributed by atoms with E-state index in [0.717, 1.165) is 0 Å². The van der Waals surface area contributed by atoms with E-state index in [4.69, 9.17) is 17.2 Å². The molecule has 6 atom stereocenters. The van der Waals surface area contributed by atoms with Crippen LogP contribution in [0.2, 0.25) is 0 Å². The average molecular weight is 717 g/mol. The van der Waals surface area contributed by atoms with Crippen LogP contribution in [0.5, 0.6) is 5.75 Å². The number of benzene rings is 1. The summed E-state index contributed by atoms with van der Waals surface area (Å²) in [5, 5.41) is 32.8. The van der Waals surface area contributed by atoms with Crippen LogP contribution in [0.3, 0.4) is 0 Å². The maximum Gasteiger partial charge on any atom is 0.326 e. The molecule has 0 unspecified atom stereocenters. The fourth-order valence-corrected chi connectivity index (χ4v) is 5.45. The average Bonchev–Trinajstić information content (AvgIpc) is 3.10. The van der Waals surface area contributed by atoms with Gasteiger partial charge in [0.1, 0.15) is 36.0 Å². The Hall–Kier alpha value is -4.54. The monoisotopic (exact) mass is 716 g/mol. The van der Waals surface area contributed by atoms with Crippen LogP contribution in [0.4, 0.5) is 0 Å². The van der Waals surface area contributed by atoms with Gasteiger partial charge in [0.15, 0.2) is 0 Å². The molecule has 2 rings (SSSR count). The van der Waals surface area contributed by atoms with Crippen molar-refractivity contribution < 1.29 is 39.0 Å². The first kappa shape index (κ1) is 42.6. The quantitative estimate of drug-likeness (QED) is 0.0687. The maximum atomic E-state index is 13.9. The number of phenols is 1. The Morgan fingerprint density at radius 2 is 1.37 bits per heavy atom. The van der Waals surface area contributed by atoms with E-state index in [1.165, 1.54) is 12.1 Å². The minimum atomic E-state index is -1.26. The molecule has 0 fully saturated rings. The first-order chi connectivity index (χ1) is 24.4. The molecule has 0 radical (unpaired) electrons. The Bertz CT molecular complexity index is 1330. The lowest BCUT2D eigenvalue weighted by Gasteiger charge is -2.27. The van der Waals surface area contributed by atoms with E-state index in [9.17, 15) is 39.0 Å². The van der Waals surface area contributed by atoms with Gasteiger partial charge in [-0.15, -0.1) is 0 Å².